The summed E-state index contributed by atoms with van der Waals surface area (Å²) in [4.78, 5) is 15.0. The summed E-state index contributed by atoms with van der Waals surface area (Å²) in [5, 5.41) is 7.49. The van der Waals surface area contributed by atoms with E-state index in [4.69, 9.17) is 4.74 Å². The summed E-state index contributed by atoms with van der Waals surface area (Å²) in [6, 6.07) is 0. The van der Waals surface area contributed by atoms with Crippen LogP contribution in [0.2, 0.25) is 0 Å². The van der Waals surface area contributed by atoms with Crippen molar-refractivity contribution in [3.05, 3.63) is 17.5 Å². The number of hydrogen-bond acceptors (Lipinski definition) is 4. The van der Waals surface area contributed by atoms with Gasteiger partial charge in [0.2, 0.25) is 5.91 Å². The third-order valence-corrected chi connectivity index (χ3v) is 6.04. The fourth-order valence-electron chi connectivity index (χ4n) is 4.24. The Morgan fingerprint density at radius 3 is 2.64 bits per heavy atom. The molecule has 140 valence electrons. The van der Waals surface area contributed by atoms with Crippen molar-refractivity contribution >= 4 is 5.91 Å². The van der Waals surface area contributed by atoms with Crippen molar-refractivity contribution in [3.63, 3.8) is 0 Å². The predicted molar refractivity (Wildman–Crippen MR) is 97.5 cm³/mol. The van der Waals surface area contributed by atoms with Gasteiger partial charge in [-0.15, -0.1) is 0 Å². The van der Waals surface area contributed by atoms with E-state index in [1.54, 1.807) is 0 Å². The first-order valence-electron chi connectivity index (χ1n) is 9.68. The van der Waals surface area contributed by atoms with Gasteiger partial charge >= 0.3 is 0 Å². The zero-order chi connectivity index (χ0) is 17.7. The molecule has 1 aliphatic carbocycles. The molecule has 2 aliphatic rings. The predicted octanol–water partition coefficient (Wildman–Crippen LogP) is 1.81. The van der Waals surface area contributed by atoms with Crippen LogP contribution in [0.5, 0.6) is 0 Å². The summed E-state index contributed by atoms with van der Waals surface area (Å²) in [5.41, 5.74) is 2.45. The quantitative estimate of drug-likeness (QED) is 0.852. The number of ether oxygens (including phenoxy) is 1. The molecule has 1 aliphatic heterocycles. The van der Waals surface area contributed by atoms with E-state index in [2.05, 4.69) is 22.2 Å². The van der Waals surface area contributed by atoms with Crippen LogP contribution in [0.1, 0.15) is 49.8 Å². The van der Waals surface area contributed by atoms with Gasteiger partial charge in [0.1, 0.15) is 0 Å². The number of rotatable bonds is 6. The highest BCUT2D eigenvalue weighted by atomic mass is 16.5. The first kappa shape index (κ1) is 18.4. The van der Waals surface area contributed by atoms with Gasteiger partial charge in [0, 0.05) is 44.3 Å². The number of carbonyl (C=O) groups is 1. The second-order valence-electron chi connectivity index (χ2n) is 7.54. The van der Waals surface area contributed by atoms with E-state index in [1.165, 1.54) is 37.7 Å². The second kappa shape index (κ2) is 8.32. The van der Waals surface area contributed by atoms with E-state index in [-0.39, 0.29) is 11.4 Å². The monoisotopic (exact) mass is 348 g/mol. The Morgan fingerprint density at radius 1 is 1.28 bits per heavy atom. The van der Waals surface area contributed by atoms with Gasteiger partial charge in [-0.2, -0.15) is 5.10 Å². The molecule has 0 spiro atoms. The number of amides is 1. The maximum Gasteiger partial charge on any atom is 0.220 e. The molecule has 0 aromatic carbocycles. The normalized spacial score (nSPS) is 21.2. The maximum absolute atomic E-state index is 12.4. The Hall–Kier alpha value is -1.40. The van der Waals surface area contributed by atoms with Crippen LogP contribution in [0.4, 0.5) is 0 Å². The zero-order valence-corrected chi connectivity index (χ0v) is 15.7. The van der Waals surface area contributed by atoms with Crippen molar-refractivity contribution in [2.24, 2.45) is 7.05 Å². The van der Waals surface area contributed by atoms with Crippen LogP contribution in [0, 0.1) is 6.92 Å². The minimum atomic E-state index is 0.141. The Bertz CT molecular complexity index is 572. The molecule has 1 aromatic rings. The van der Waals surface area contributed by atoms with Gasteiger partial charge in [-0.1, -0.05) is 19.3 Å². The Morgan fingerprint density at radius 2 is 2.00 bits per heavy atom. The molecule has 1 saturated carbocycles. The number of aryl methyl sites for hydroxylation is 2. The highest BCUT2D eigenvalue weighted by molar-refractivity contribution is 5.76. The molecule has 1 amide bonds. The number of morpholine rings is 1. The lowest BCUT2D eigenvalue weighted by atomic mass is 9.79. The third-order valence-electron chi connectivity index (χ3n) is 6.04. The molecule has 1 N–H and O–H groups in total. The zero-order valence-electron chi connectivity index (χ0n) is 15.7. The standard InChI is InChI=1S/C19H32N4O2/c1-16-17(14-21-22(16)2)6-7-18(24)20-15-19(8-4-3-5-9-19)23-10-12-25-13-11-23/h14H,3-13,15H2,1-2H3,(H,20,24). The van der Waals surface area contributed by atoms with Gasteiger partial charge < -0.3 is 10.1 Å². The van der Waals surface area contributed by atoms with Crippen molar-refractivity contribution < 1.29 is 9.53 Å². The van der Waals surface area contributed by atoms with Crippen LogP contribution in [0.15, 0.2) is 6.20 Å². The van der Waals surface area contributed by atoms with Crippen LogP contribution in [-0.2, 0) is 23.0 Å². The average Bonchev–Trinajstić information content (AvgIpc) is 2.98. The highest BCUT2D eigenvalue weighted by Gasteiger charge is 2.38. The number of nitrogens with one attached hydrogen (secondary N) is 1. The molecule has 1 aromatic heterocycles. The molecule has 6 heteroatoms. The van der Waals surface area contributed by atoms with E-state index in [1.807, 2.05) is 17.9 Å². The van der Waals surface area contributed by atoms with Crippen molar-refractivity contribution in [3.8, 4) is 0 Å². The lowest BCUT2D eigenvalue weighted by molar-refractivity contribution is -0.122. The average molecular weight is 348 g/mol. The summed E-state index contributed by atoms with van der Waals surface area (Å²) in [7, 11) is 1.94. The highest BCUT2D eigenvalue weighted by Crippen LogP contribution is 2.33. The molecule has 6 nitrogen and oxygen atoms in total. The summed E-state index contributed by atoms with van der Waals surface area (Å²) in [6.07, 6.45) is 9.40. The second-order valence-corrected chi connectivity index (χ2v) is 7.54. The van der Waals surface area contributed by atoms with Crippen LogP contribution < -0.4 is 5.32 Å². The van der Waals surface area contributed by atoms with Crippen LogP contribution >= 0.6 is 0 Å². The van der Waals surface area contributed by atoms with Gasteiger partial charge in [-0.05, 0) is 31.7 Å². The SMILES string of the molecule is Cc1c(CCC(=O)NCC2(N3CCOCC3)CCCCC2)cnn1C. The number of nitrogens with zero attached hydrogens (tertiary/aromatic N) is 3. The van der Waals surface area contributed by atoms with E-state index in [0.717, 1.165) is 45.0 Å². The van der Waals surface area contributed by atoms with Gasteiger partial charge in [0.25, 0.3) is 0 Å². The molecule has 0 bridgehead atoms. The van der Waals surface area contributed by atoms with Crippen molar-refractivity contribution in [2.45, 2.75) is 57.4 Å². The van der Waals surface area contributed by atoms with Gasteiger partial charge in [-0.25, -0.2) is 0 Å². The van der Waals surface area contributed by atoms with Gasteiger partial charge in [-0.3, -0.25) is 14.4 Å². The fraction of sp³-hybridized carbons (Fsp3) is 0.789. The molecule has 2 fully saturated rings. The van der Waals surface area contributed by atoms with E-state index < -0.39 is 0 Å². The topological polar surface area (TPSA) is 59.4 Å². The molecule has 3 rings (SSSR count). The first-order chi connectivity index (χ1) is 12.1. The lowest BCUT2D eigenvalue weighted by Crippen LogP contribution is -2.59. The van der Waals surface area contributed by atoms with E-state index in [9.17, 15) is 4.79 Å². The molecule has 0 radical (unpaired) electrons. The molecular formula is C19H32N4O2. The molecule has 1 saturated heterocycles. The maximum atomic E-state index is 12.4. The summed E-state index contributed by atoms with van der Waals surface area (Å²) in [6.45, 7) is 6.44. The number of aromatic nitrogens is 2. The van der Waals surface area contributed by atoms with Crippen molar-refractivity contribution in [2.75, 3.05) is 32.8 Å². The smallest absolute Gasteiger partial charge is 0.220 e. The van der Waals surface area contributed by atoms with Gasteiger partial charge in [0.05, 0.1) is 19.4 Å². The summed E-state index contributed by atoms with van der Waals surface area (Å²) >= 11 is 0. The summed E-state index contributed by atoms with van der Waals surface area (Å²) < 4.78 is 7.39. The van der Waals surface area contributed by atoms with Crippen LogP contribution in [-0.4, -0.2) is 59.0 Å². The Kier molecular flexibility index (Phi) is 6.12. The largest absolute Gasteiger partial charge is 0.379 e. The van der Waals surface area contributed by atoms with E-state index >= 15 is 0 Å². The number of carbonyl (C=O) groups excluding carboxylic acids is 1. The number of hydrogen-bond donors (Lipinski definition) is 1. The van der Waals surface area contributed by atoms with Crippen molar-refractivity contribution in [1.82, 2.24) is 20.0 Å². The molecule has 0 unspecified atom stereocenters. The van der Waals surface area contributed by atoms with Crippen LogP contribution in [0.3, 0.4) is 0 Å². The van der Waals surface area contributed by atoms with Crippen LogP contribution in [0.25, 0.3) is 0 Å². The minimum Gasteiger partial charge on any atom is -0.379 e. The molecule has 25 heavy (non-hydrogen) atoms. The molecule has 2 heterocycles. The molecule has 0 atom stereocenters. The summed E-state index contributed by atoms with van der Waals surface area (Å²) in [5.74, 6) is 0.154. The molecular weight excluding hydrogens is 316 g/mol. The van der Waals surface area contributed by atoms with Crippen molar-refractivity contribution in [1.29, 1.82) is 0 Å². The Labute approximate surface area is 150 Å². The third kappa shape index (κ3) is 4.42. The first-order valence-corrected chi connectivity index (χ1v) is 9.68. The minimum absolute atomic E-state index is 0.141. The van der Waals surface area contributed by atoms with E-state index in [0.29, 0.717) is 6.42 Å². The fourth-order valence-corrected chi connectivity index (χ4v) is 4.24. The lowest BCUT2D eigenvalue weighted by Gasteiger charge is -2.48. The van der Waals surface area contributed by atoms with Gasteiger partial charge in [0.15, 0.2) is 0 Å². The Balaban J connectivity index is 1.53.